The number of imidazole rings is 1. The summed E-state index contributed by atoms with van der Waals surface area (Å²) in [6, 6.07) is 18.0. The number of nitrogens with one attached hydrogen (secondary N) is 1. The molecule has 2 aromatic heterocycles. The Kier molecular flexibility index (Phi) is 3.84. The number of halogens is 1. The molecule has 5 nitrogen and oxygen atoms in total. The van der Waals surface area contributed by atoms with E-state index in [9.17, 15) is 0 Å². The van der Waals surface area contributed by atoms with Gasteiger partial charge in [-0.15, -0.1) is 0 Å². The van der Waals surface area contributed by atoms with Gasteiger partial charge in [0.15, 0.2) is 0 Å². The Balaban J connectivity index is 1.58. The fourth-order valence-corrected chi connectivity index (χ4v) is 2.78. The molecule has 0 atom stereocenters. The lowest BCUT2D eigenvalue weighted by molar-refractivity contribution is 0.825. The van der Waals surface area contributed by atoms with Gasteiger partial charge in [0.25, 0.3) is 0 Å². The van der Waals surface area contributed by atoms with Crippen LogP contribution in [0.4, 0.5) is 11.5 Å². The van der Waals surface area contributed by atoms with Crippen LogP contribution in [-0.2, 0) is 6.54 Å². The molecule has 0 saturated carbocycles. The lowest BCUT2D eigenvalue weighted by Crippen LogP contribution is -1.99. The summed E-state index contributed by atoms with van der Waals surface area (Å²) in [6.45, 7) is 0.751. The highest BCUT2D eigenvalue weighted by Gasteiger charge is 2.04. The van der Waals surface area contributed by atoms with Gasteiger partial charge in [0, 0.05) is 18.3 Å². The van der Waals surface area contributed by atoms with E-state index in [4.69, 9.17) is 11.6 Å². The summed E-state index contributed by atoms with van der Waals surface area (Å²) in [5, 5.41) is 3.65. The van der Waals surface area contributed by atoms with Gasteiger partial charge in [-0.25, -0.2) is 15.0 Å². The number of hydrogen-bond donors (Lipinski definition) is 1. The first-order chi connectivity index (χ1) is 11.8. The van der Waals surface area contributed by atoms with Gasteiger partial charge in [-0.3, -0.25) is 0 Å². The average Bonchev–Trinajstić information content (AvgIpc) is 2.99. The number of para-hydroxylation sites is 2. The summed E-state index contributed by atoms with van der Waals surface area (Å²) < 4.78 is 2.13. The van der Waals surface area contributed by atoms with Crippen molar-refractivity contribution in [2.75, 3.05) is 5.32 Å². The van der Waals surface area contributed by atoms with Crippen LogP contribution >= 0.6 is 11.6 Å². The molecule has 0 spiro atoms. The Morgan fingerprint density at radius 2 is 1.88 bits per heavy atom. The Hall–Kier alpha value is -2.92. The van der Waals surface area contributed by atoms with E-state index in [0.29, 0.717) is 11.0 Å². The summed E-state index contributed by atoms with van der Waals surface area (Å²) in [5.41, 5.74) is 4.25. The van der Waals surface area contributed by atoms with E-state index < -0.39 is 0 Å². The Labute approximate surface area is 144 Å². The van der Waals surface area contributed by atoms with E-state index in [1.54, 1.807) is 6.07 Å². The zero-order valence-electron chi connectivity index (χ0n) is 12.7. The van der Waals surface area contributed by atoms with Crippen LogP contribution in [0, 0.1) is 0 Å². The van der Waals surface area contributed by atoms with E-state index in [1.807, 2.05) is 36.7 Å². The zero-order chi connectivity index (χ0) is 16.4. The highest BCUT2D eigenvalue weighted by Crippen LogP contribution is 2.19. The van der Waals surface area contributed by atoms with Crippen molar-refractivity contribution in [1.82, 2.24) is 19.5 Å². The average molecular weight is 336 g/mol. The van der Waals surface area contributed by atoms with E-state index in [1.165, 1.54) is 11.9 Å². The number of anilines is 2. The molecule has 2 aromatic carbocycles. The number of fused-ring (bicyclic) bond motifs is 1. The molecule has 0 fully saturated rings. The van der Waals surface area contributed by atoms with Crippen molar-refractivity contribution < 1.29 is 0 Å². The monoisotopic (exact) mass is 335 g/mol. The summed E-state index contributed by atoms with van der Waals surface area (Å²) in [6.07, 6.45) is 3.31. The molecule has 0 aliphatic carbocycles. The standard InChI is InChI=1S/C18H14ClN5/c19-17-9-18(21-11-20-17)23-14-5-3-4-13(8-14)10-24-12-22-15-6-1-2-7-16(15)24/h1-9,11-12H,10H2,(H,20,21,23). The third kappa shape index (κ3) is 3.07. The summed E-state index contributed by atoms with van der Waals surface area (Å²) in [7, 11) is 0. The third-order valence-corrected chi connectivity index (χ3v) is 3.92. The second-order valence-corrected chi connectivity index (χ2v) is 5.80. The lowest BCUT2D eigenvalue weighted by Gasteiger charge is -2.09. The fraction of sp³-hybridized carbons (Fsp3) is 0.0556. The molecule has 4 rings (SSSR count). The van der Waals surface area contributed by atoms with Crippen molar-refractivity contribution in [1.29, 1.82) is 0 Å². The number of nitrogens with zero attached hydrogens (tertiary/aromatic N) is 4. The van der Waals surface area contributed by atoms with Crippen LogP contribution in [0.15, 0.2) is 67.3 Å². The minimum absolute atomic E-state index is 0.411. The van der Waals surface area contributed by atoms with Gasteiger partial charge in [0.2, 0.25) is 0 Å². The van der Waals surface area contributed by atoms with E-state index in [0.717, 1.165) is 23.3 Å². The van der Waals surface area contributed by atoms with Gasteiger partial charge in [0.1, 0.15) is 17.3 Å². The van der Waals surface area contributed by atoms with Gasteiger partial charge < -0.3 is 9.88 Å². The first-order valence-electron chi connectivity index (χ1n) is 7.51. The van der Waals surface area contributed by atoms with Crippen LogP contribution in [-0.4, -0.2) is 19.5 Å². The van der Waals surface area contributed by atoms with Gasteiger partial charge in [0.05, 0.1) is 17.4 Å². The van der Waals surface area contributed by atoms with Gasteiger partial charge in [-0.2, -0.15) is 0 Å². The molecule has 2 heterocycles. The molecule has 6 heteroatoms. The number of aromatic nitrogens is 4. The molecule has 0 amide bonds. The lowest BCUT2D eigenvalue weighted by atomic mass is 10.2. The van der Waals surface area contributed by atoms with Crippen LogP contribution in [0.25, 0.3) is 11.0 Å². The molecule has 0 bridgehead atoms. The van der Waals surface area contributed by atoms with Gasteiger partial charge >= 0.3 is 0 Å². The molecule has 0 saturated heterocycles. The molecule has 0 aliphatic rings. The van der Waals surface area contributed by atoms with E-state index in [2.05, 4.69) is 43.0 Å². The van der Waals surface area contributed by atoms with E-state index in [-0.39, 0.29) is 0 Å². The number of hydrogen-bond acceptors (Lipinski definition) is 4. The maximum Gasteiger partial charge on any atom is 0.135 e. The van der Waals surface area contributed by atoms with Crippen molar-refractivity contribution >= 4 is 34.1 Å². The number of rotatable bonds is 4. The molecule has 24 heavy (non-hydrogen) atoms. The second-order valence-electron chi connectivity index (χ2n) is 5.41. The van der Waals surface area contributed by atoms with Crippen LogP contribution in [0.1, 0.15) is 5.56 Å². The first-order valence-corrected chi connectivity index (χ1v) is 7.89. The van der Waals surface area contributed by atoms with Gasteiger partial charge in [-0.05, 0) is 29.8 Å². The molecule has 0 unspecified atom stereocenters. The van der Waals surface area contributed by atoms with Crippen molar-refractivity contribution in [2.45, 2.75) is 6.54 Å². The minimum Gasteiger partial charge on any atom is -0.340 e. The maximum absolute atomic E-state index is 5.89. The highest BCUT2D eigenvalue weighted by atomic mass is 35.5. The van der Waals surface area contributed by atoms with Crippen LogP contribution in [0.3, 0.4) is 0 Å². The predicted octanol–water partition coefficient (Wildman–Crippen LogP) is 4.27. The molecule has 0 aliphatic heterocycles. The SMILES string of the molecule is Clc1cc(Nc2cccc(Cn3cnc4ccccc43)c2)ncn1. The topological polar surface area (TPSA) is 55.6 Å². The Morgan fingerprint density at radius 1 is 0.958 bits per heavy atom. The summed E-state index contributed by atoms with van der Waals surface area (Å²) in [4.78, 5) is 12.5. The van der Waals surface area contributed by atoms with Crippen molar-refractivity contribution in [3.63, 3.8) is 0 Å². The quantitative estimate of drug-likeness (QED) is 0.566. The van der Waals surface area contributed by atoms with Crippen molar-refractivity contribution in [3.05, 3.63) is 78.0 Å². The molecule has 1 N–H and O–H groups in total. The number of benzene rings is 2. The van der Waals surface area contributed by atoms with E-state index >= 15 is 0 Å². The van der Waals surface area contributed by atoms with Crippen LogP contribution < -0.4 is 5.32 Å². The smallest absolute Gasteiger partial charge is 0.135 e. The van der Waals surface area contributed by atoms with Gasteiger partial charge in [-0.1, -0.05) is 35.9 Å². The molecule has 0 radical (unpaired) electrons. The third-order valence-electron chi connectivity index (χ3n) is 3.71. The zero-order valence-corrected chi connectivity index (χ0v) is 13.5. The second kappa shape index (κ2) is 6.29. The first kappa shape index (κ1) is 14.7. The molecule has 4 aromatic rings. The van der Waals surface area contributed by atoms with Crippen molar-refractivity contribution in [2.24, 2.45) is 0 Å². The van der Waals surface area contributed by atoms with Crippen molar-refractivity contribution in [3.8, 4) is 0 Å². The van der Waals surface area contributed by atoms with Crippen LogP contribution in [0.2, 0.25) is 5.15 Å². The fourth-order valence-electron chi connectivity index (χ4n) is 2.63. The summed E-state index contributed by atoms with van der Waals surface area (Å²) >= 11 is 5.89. The molecule has 118 valence electrons. The Morgan fingerprint density at radius 3 is 2.79 bits per heavy atom. The normalized spacial score (nSPS) is 10.9. The molecular formula is C18H14ClN5. The minimum atomic E-state index is 0.411. The Bertz CT molecular complexity index is 995. The maximum atomic E-state index is 5.89. The predicted molar refractivity (Wildman–Crippen MR) is 95.6 cm³/mol. The molecular weight excluding hydrogens is 322 g/mol. The van der Waals surface area contributed by atoms with Crippen LogP contribution in [0.5, 0.6) is 0 Å². The summed E-state index contributed by atoms with van der Waals surface area (Å²) in [5.74, 6) is 0.667. The highest BCUT2D eigenvalue weighted by molar-refractivity contribution is 6.29. The largest absolute Gasteiger partial charge is 0.340 e.